The van der Waals surface area contributed by atoms with E-state index in [-0.39, 0.29) is 0 Å². The minimum Gasteiger partial charge on any atom is -0.456 e. The van der Waals surface area contributed by atoms with Crippen molar-refractivity contribution < 1.29 is 4.42 Å². The first-order chi connectivity index (χ1) is 35.2. The molecule has 6 heteroatoms. The summed E-state index contributed by atoms with van der Waals surface area (Å²) in [5, 5.41) is 11.3. The fourth-order valence-electron chi connectivity index (χ4n) is 11.2. The predicted molar refractivity (Wildman–Crippen MR) is 293 cm³/mol. The lowest BCUT2D eigenvalue weighted by Gasteiger charge is -2.17. The van der Waals surface area contributed by atoms with Crippen LogP contribution in [-0.2, 0) is 0 Å². The topological polar surface area (TPSA) is 61.7 Å². The number of furan rings is 1. The molecule has 0 saturated carbocycles. The number of hydrogen-bond donors (Lipinski definition) is 0. The summed E-state index contributed by atoms with van der Waals surface area (Å²) in [6.07, 6.45) is 0. The molecular weight excluding hydrogens is 867 g/mol. The molecule has 0 unspecified atom stereocenters. The third-order valence-corrected chi connectivity index (χ3v) is 14.3. The summed E-state index contributed by atoms with van der Waals surface area (Å²) in [5.74, 6) is 1.71. The third kappa shape index (κ3) is 6.05. The van der Waals surface area contributed by atoms with Gasteiger partial charge < -0.3 is 13.6 Å². The summed E-state index contributed by atoms with van der Waals surface area (Å²) in [6, 6.07) is 83.8. The molecule has 0 bridgehead atoms. The van der Waals surface area contributed by atoms with E-state index in [1.807, 2.05) is 12.1 Å². The molecule has 15 rings (SSSR count). The third-order valence-electron chi connectivity index (χ3n) is 14.3. The molecule has 0 spiro atoms. The van der Waals surface area contributed by atoms with Crippen molar-refractivity contribution in [3.05, 3.63) is 237 Å². The van der Waals surface area contributed by atoms with Gasteiger partial charge in [-0.05, 0) is 99.4 Å². The molecule has 4 heterocycles. The first kappa shape index (κ1) is 39.4. The molecule has 0 saturated heterocycles. The van der Waals surface area contributed by atoms with Crippen LogP contribution in [0.3, 0.4) is 0 Å². The Morgan fingerprint density at radius 1 is 0.296 bits per heavy atom. The zero-order chi connectivity index (χ0) is 46.6. The molecule has 71 heavy (non-hydrogen) atoms. The summed E-state index contributed by atoms with van der Waals surface area (Å²) >= 11 is 0. The van der Waals surface area contributed by atoms with Gasteiger partial charge in [0.1, 0.15) is 11.2 Å². The van der Waals surface area contributed by atoms with E-state index < -0.39 is 0 Å². The molecule has 6 nitrogen and oxygen atoms in total. The molecule has 0 aliphatic heterocycles. The van der Waals surface area contributed by atoms with Gasteiger partial charge in [-0.3, -0.25) is 0 Å². The van der Waals surface area contributed by atoms with Crippen LogP contribution >= 0.6 is 0 Å². The fourth-order valence-corrected chi connectivity index (χ4v) is 11.2. The van der Waals surface area contributed by atoms with Crippen molar-refractivity contribution in [1.82, 2.24) is 24.1 Å². The van der Waals surface area contributed by atoms with Gasteiger partial charge in [0.05, 0.1) is 33.1 Å². The highest BCUT2D eigenvalue weighted by molar-refractivity contribution is 6.25. The van der Waals surface area contributed by atoms with Crippen molar-refractivity contribution in [3.63, 3.8) is 0 Å². The summed E-state index contributed by atoms with van der Waals surface area (Å²) in [4.78, 5) is 16.7. The van der Waals surface area contributed by atoms with E-state index in [0.717, 1.165) is 99.4 Å². The molecule has 4 aromatic heterocycles. The van der Waals surface area contributed by atoms with Crippen LogP contribution in [0.2, 0.25) is 0 Å². The summed E-state index contributed by atoms with van der Waals surface area (Å²) in [7, 11) is 0. The molecule has 0 aliphatic rings. The Labute approximate surface area is 407 Å². The van der Waals surface area contributed by atoms with E-state index in [4.69, 9.17) is 19.4 Å². The second-order valence-corrected chi connectivity index (χ2v) is 18.3. The van der Waals surface area contributed by atoms with E-state index in [0.29, 0.717) is 17.5 Å². The van der Waals surface area contributed by atoms with Crippen LogP contribution in [0.5, 0.6) is 0 Å². The van der Waals surface area contributed by atoms with Crippen molar-refractivity contribution in [1.29, 1.82) is 0 Å². The molecule has 0 fully saturated rings. The maximum Gasteiger partial charge on any atom is 0.166 e. The fraction of sp³-hybridized carbons (Fsp3) is 0. The second kappa shape index (κ2) is 15.4. The molecule has 0 N–H and O–H groups in total. The van der Waals surface area contributed by atoms with Crippen molar-refractivity contribution in [2.45, 2.75) is 0 Å². The van der Waals surface area contributed by atoms with Crippen molar-refractivity contribution >= 4 is 87.1 Å². The molecule has 0 amide bonds. The van der Waals surface area contributed by atoms with E-state index in [9.17, 15) is 0 Å². The number of aromatic nitrogens is 5. The van der Waals surface area contributed by atoms with Gasteiger partial charge in [-0.25, -0.2) is 15.0 Å². The number of nitrogens with zero attached hydrogens (tertiary/aromatic N) is 5. The minimum absolute atomic E-state index is 0.553. The van der Waals surface area contributed by atoms with Gasteiger partial charge in [0.25, 0.3) is 0 Å². The van der Waals surface area contributed by atoms with Gasteiger partial charge >= 0.3 is 0 Å². The van der Waals surface area contributed by atoms with Crippen LogP contribution in [-0.4, -0.2) is 24.1 Å². The lowest BCUT2D eigenvalue weighted by molar-refractivity contribution is 0.669. The van der Waals surface area contributed by atoms with Gasteiger partial charge in [-0.15, -0.1) is 0 Å². The lowest BCUT2D eigenvalue weighted by atomic mass is 10.0. The quantitative estimate of drug-likeness (QED) is 0.167. The van der Waals surface area contributed by atoms with Crippen molar-refractivity contribution in [2.24, 2.45) is 0 Å². The average Bonchev–Trinajstić information content (AvgIpc) is 4.10. The maximum absolute atomic E-state index is 6.75. The van der Waals surface area contributed by atoms with Crippen LogP contribution in [0.1, 0.15) is 0 Å². The summed E-state index contributed by atoms with van der Waals surface area (Å²) in [6.45, 7) is 0. The Bertz CT molecular complexity index is 4640. The molecular formula is C65H39N5O. The molecule has 11 aromatic carbocycles. The standard InChI is InChI=1S/C65H39N5O/c1-3-17-40(18-4-1)42-22-15-23-45(37-42)63-66-64(50-29-16-31-54-60(50)48-27-11-13-30-53(48)69(54)46-24-5-2-6-25-46)68-65(67-63)51-34-36-58-61(49-28-12-14-32-57(49)71-58)62(51)70-55-35-33-41-19-9-10-26-47(41)59(55)52-38-43-20-7-8-21-44(43)39-56(52)70/h1-39H. The van der Waals surface area contributed by atoms with E-state index in [2.05, 4.69) is 234 Å². The zero-order valence-electron chi connectivity index (χ0n) is 38.2. The van der Waals surface area contributed by atoms with E-state index in [1.165, 1.54) is 26.9 Å². The van der Waals surface area contributed by atoms with Crippen molar-refractivity contribution in [3.8, 4) is 56.7 Å². The smallest absolute Gasteiger partial charge is 0.166 e. The second-order valence-electron chi connectivity index (χ2n) is 18.3. The Balaban J connectivity index is 1.08. The minimum atomic E-state index is 0.553. The summed E-state index contributed by atoms with van der Waals surface area (Å²) < 4.78 is 11.5. The average molecular weight is 906 g/mol. The number of hydrogen-bond acceptors (Lipinski definition) is 4. The lowest BCUT2D eigenvalue weighted by Crippen LogP contribution is -2.04. The largest absolute Gasteiger partial charge is 0.456 e. The predicted octanol–water partition coefficient (Wildman–Crippen LogP) is 16.9. The Morgan fingerprint density at radius 2 is 0.915 bits per heavy atom. The van der Waals surface area contributed by atoms with Crippen LogP contribution in [0.25, 0.3) is 144 Å². The number of benzene rings is 11. The Hall–Kier alpha value is -9.65. The molecule has 330 valence electrons. The molecule has 15 aromatic rings. The highest BCUT2D eigenvalue weighted by Crippen LogP contribution is 2.46. The van der Waals surface area contributed by atoms with Gasteiger partial charge in [-0.1, -0.05) is 170 Å². The van der Waals surface area contributed by atoms with E-state index in [1.54, 1.807) is 0 Å². The van der Waals surface area contributed by atoms with Gasteiger partial charge in [-0.2, -0.15) is 0 Å². The van der Waals surface area contributed by atoms with Crippen LogP contribution in [0.4, 0.5) is 0 Å². The van der Waals surface area contributed by atoms with Gasteiger partial charge in [0.15, 0.2) is 17.5 Å². The molecule has 0 atom stereocenters. The monoisotopic (exact) mass is 905 g/mol. The Kier molecular flexibility index (Phi) is 8.56. The van der Waals surface area contributed by atoms with Crippen molar-refractivity contribution in [2.75, 3.05) is 0 Å². The Morgan fingerprint density at radius 3 is 1.76 bits per heavy atom. The normalized spacial score (nSPS) is 11.9. The van der Waals surface area contributed by atoms with Gasteiger partial charge in [0.2, 0.25) is 0 Å². The molecule has 0 radical (unpaired) electrons. The maximum atomic E-state index is 6.75. The first-order valence-corrected chi connectivity index (χ1v) is 24.0. The highest BCUT2D eigenvalue weighted by Gasteiger charge is 2.26. The molecule has 0 aliphatic carbocycles. The van der Waals surface area contributed by atoms with Crippen LogP contribution in [0.15, 0.2) is 241 Å². The van der Waals surface area contributed by atoms with Crippen LogP contribution < -0.4 is 0 Å². The van der Waals surface area contributed by atoms with Crippen LogP contribution in [0, 0.1) is 0 Å². The zero-order valence-corrected chi connectivity index (χ0v) is 38.2. The first-order valence-electron chi connectivity index (χ1n) is 24.0. The number of fused-ring (bicyclic) bond motifs is 12. The highest BCUT2D eigenvalue weighted by atomic mass is 16.3. The number of rotatable bonds is 6. The summed E-state index contributed by atoms with van der Waals surface area (Å²) in [5.41, 5.74) is 12.8. The SMILES string of the molecule is c1ccc(-c2cccc(-c3nc(-c4ccc5oc6ccccc6c5c4-n4c5cc6ccccc6cc5c5c6ccccc6ccc54)nc(-c4cccc5c4c4ccccc4n5-c4ccccc4)n3)c2)cc1. The van der Waals surface area contributed by atoms with Gasteiger partial charge in [0, 0.05) is 49.3 Å². The van der Waals surface area contributed by atoms with E-state index >= 15 is 0 Å². The number of para-hydroxylation sites is 3.